The summed E-state index contributed by atoms with van der Waals surface area (Å²) in [4.78, 5) is 29.1. The molecule has 32 heavy (non-hydrogen) atoms. The standard InChI is InChI=1S/C22H25ClN6O3/c1-24-22(30)29-8-9-31-15(12-29)13-32-21-20-18(25-6-7-26-20)11-17(27-21)14-4-5-19(28(2)3)16(23)10-14/h4-7,10-11,15H,8-9,12-13H2,1-3H3,(H,24,30)/t15-/m0/s1. The van der Waals surface area contributed by atoms with Gasteiger partial charge in [0.05, 0.1) is 35.1 Å². The molecule has 0 unspecified atom stereocenters. The first-order valence-corrected chi connectivity index (χ1v) is 10.6. The second-order valence-electron chi connectivity index (χ2n) is 7.60. The van der Waals surface area contributed by atoms with Gasteiger partial charge in [0.15, 0.2) is 5.52 Å². The van der Waals surface area contributed by atoms with Crippen LogP contribution in [0.2, 0.25) is 5.02 Å². The second kappa shape index (κ2) is 9.54. The highest BCUT2D eigenvalue weighted by Crippen LogP contribution is 2.32. The molecular formula is C22H25ClN6O3. The fourth-order valence-electron chi connectivity index (χ4n) is 3.56. The third-order valence-electron chi connectivity index (χ3n) is 5.20. The molecule has 0 bridgehead atoms. The van der Waals surface area contributed by atoms with Crippen LogP contribution in [0.1, 0.15) is 0 Å². The molecule has 0 radical (unpaired) electrons. The van der Waals surface area contributed by atoms with Gasteiger partial charge in [0, 0.05) is 45.6 Å². The van der Waals surface area contributed by atoms with Gasteiger partial charge in [-0.05, 0) is 18.2 Å². The van der Waals surface area contributed by atoms with E-state index in [-0.39, 0.29) is 18.7 Å². The molecule has 0 aliphatic carbocycles. The Balaban J connectivity index is 1.60. The van der Waals surface area contributed by atoms with Crippen molar-refractivity contribution in [2.45, 2.75) is 6.10 Å². The number of ether oxygens (including phenoxy) is 2. The molecule has 2 amide bonds. The number of benzene rings is 1. The molecule has 1 aliphatic rings. The smallest absolute Gasteiger partial charge is 0.317 e. The lowest BCUT2D eigenvalue weighted by molar-refractivity contribution is -0.0354. The number of carbonyl (C=O) groups excluding carboxylic acids is 1. The summed E-state index contributed by atoms with van der Waals surface area (Å²) < 4.78 is 11.8. The molecule has 0 saturated carbocycles. The van der Waals surface area contributed by atoms with Gasteiger partial charge in [0.1, 0.15) is 12.7 Å². The van der Waals surface area contributed by atoms with Crippen LogP contribution < -0.4 is 15.0 Å². The number of pyridine rings is 1. The maximum Gasteiger partial charge on any atom is 0.317 e. The van der Waals surface area contributed by atoms with E-state index in [0.717, 1.165) is 11.3 Å². The Morgan fingerprint density at radius 2 is 2.12 bits per heavy atom. The number of fused-ring (bicyclic) bond motifs is 1. The lowest BCUT2D eigenvalue weighted by atomic mass is 10.1. The van der Waals surface area contributed by atoms with Gasteiger partial charge >= 0.3 is 6.03 Å². The van der Waals surface area contributed by atoms with E-state index in [1.807, 2.05) is 43.3 Å². The summed E-state index contributed by atoms with van der Waals surface area (Å²) in [5.41, 5.74) is 3.67. The minimum Gasteiger partial charge on any atom is -0.473 e. The molecular weight excluding hydrogens is 432 g/mol. The summed E-state index contributed by atoms with van der Waals surface area (Å²) >= 11 is 6.46. The van der Waals surface area contributed by atoms with Crippen LogP contribution in [0.5, 0.6) is 5.88 Å². The summed E-state index contributed by atoms with van der Waals surface area (Å²) in [6.07, 6.45) is 2.96. The number of hydrogen-bond acceptors (Lipinski definition) is 7. The van der Waals surface area contributed by atoms with Crippen molar-refractivity contribution in [2.24, 2.45) is 0 Å². The Morgan fingerprint density at radius 3 is 2.88 bits per heavy atom. The van der Waals surface area contributed by atoms with E-state index < -0.39 is 0 Å². The van der Waals surface area contributed by atoms with E-state index in [1.165, 1.54) is 0 Å². The van der Waals surface area contributed by atoms with Gasteiger partial charge in [-0.3, -0.25) is 4.98 Å². The van der Waals surface area contributed by atoms with E-state index in [4.69, 9.17) is 26.1 Å². The third kappa shape index (κ3) is 4.68. The second-order valence-corrected chi connectivity index (χ2v) is 8.01. The normalized spacial score (nSPS) is 16.1. The number of nitrogens with zero attached hydrogens (tertiary/aromatic N) is 5. The average molecular weight is 457 g/mol. The van der Waals surface area contributed by atoms with Crippen molar-refractivity contribution in [1.82, 2.24) is 25.2 Å². The molecule has 1 aliphatic heterocycles. The predicted molar refractivity (Wildman–Crippen MR) is 123 cm³/mol. The number of halogens is 1. The molecule has 9 nitrogen and oxygen atoms in total. The van der Waals surface area contributed by atoms with Crippen molar-refractivity contribution in [1.29, 1.82) is 0 Å². The lowest BCUT2D eigenvalue weighted by Gasteiger charge is -2.32. The largest absolute Gasteiger partial charge is 0.473 e. The Kier molecular flexibility index (Phi) is 6.57. The number of rotatable bonds is 5. The number of morpholine rings is 1. The molecule has 3 aromatic rings. The van der Waals surface area contributed by atoms with E-state index in [9.17, 15) is 4.79 Å². The third-order valence-corrected chi connectivity index (χ3v) is 5.50. The number of anilines is 1. The molecule has 1 atom stereocenters. The van der Waals surface area contributed by atoms with Crippen LogP contribution in [-0.2, 0) is 4.74 Å². The topological polar surface area (TPSA) is 92.7 Å². The first-order chi connectivity index (χ1) is 15.5. The van der Waals surface area contributed by atoms with Gasteiger partial charge < -0.3 is 24.6 Å². The van der Waals surface area contributed by atoms with Gasteiger partial charge in [-0.1, -0.05) is 17.7 Å². The van der Waals surface area contributed by atoms with Crippen molar-refractivity contribution in [3.05, 3.63) is 41.7 Å². The fourth-order valence-corrected chi connectivity index (χ4v) is 3.90. The first-order valence-electron chi connectivity index (χ1n) is 10.3. The number of aromatic nitrogens is 3. The van der Waals surface area contributed by atoms with Gasteiger partial charge in [0.2, 0.25) is 5.88 Å². The number of amides is 2. The van der Waals surface area contributed by atoms with E-state index in [1.54, 1.807) is 24.3 Å². The summed E-state index contributed by atoms with van der Waals surface area (Å²) in [6, 6.07) is 7.51. The number of hydrogen-bond donors (Lipinski definition) is 1. The van der Waals surface area contributed by atoms with Gasteiger partial charge in [0.25, 0.3) is 0 Å². The highest BCUT2D eigenvalue weighted by Gasteiger charge is 2.25. The maximum atomic E-state index is 11.9. The quantitative estimate of drug-likeness (QED) is 0.631. The Hall–Kier alpha value is -3.17. The van der Waals surface area contributed by atoms with E-state index in [0.29, 0.717) is 47.3 Å². The Morgan fingerprint density at radius 1 is 1.31 bits per heavy atom. The van der Waals surface area contributed by atoms with Crippen LogP contribution in [0, 0.1) is 0 Å². The zero-order valence-electron chi connectivity index (χ0n) is 18.2. The predicted octanol–water partition coefficient (Wildman–Crippen LogP) is 2.83. The van der Waals surface area contributed by atoms with Crippen LogP contribution in [0.4, 0.5) is 10.5 Å². The summed E-state index contributed by atoms with van der Waals surface area (Å²) in [7, 11) is 5.49. The molecule has 1 fully saturated rings. The number of nitrogens with one attached hydrogen (secondary N) is 1. The number of urea groups is 1. The van der Waals surface area contributed by atoms with Crippen LogP contribution in [0.3, 0.4) is 0 Å². The molecule has 168 valence electrons. The minimum absolute atomic E-state index is 0.132. The van der Waals surface area contributed by atoms with Gasteiger partial charge in [-0.2, -0.15) is 0 Å². The van der Waals surface area contributed by atoms with Crippen molar-refractivity contribution in [3.63, 3.8) is 0 Å². The molecule has 1 aromatic carbocycles. The van der Waals surface area contributed by atoms with E-state index in [2.05, 4.69) is 15.3 Å². The molecule has 1 saturated heterocycles. The van der Waals surface area contributed by atoms with Crippen molar-refractivity contribution < 1.29 is 14.3 Å². The van der Waals surface area contributed by atoms with Crippen LogP contribution in [0.15, 0.2) is 36.7 Å². The van der Waals surface area contributed by atoms with Gasteiger partial charge in [-0.15, -0.1) is 0 Å². The molecule has 1 N–H and O–H groups in total. The summed E-state index contributed by atoms with van der Waals surface area (Å²) in [6.45, 7) is 1.66. The minimum atomic E-state index is -0.271. The maximum absolute atomic E-state index is 11.9. The van der Waals surface area contributed by atoms with Crippen LogP contribution in [-0.4, -0.2) is 79.4 Å². The van der Waals surface area contributed by atoms with E-state index >= 15 is 0 Å². The zero-order valence-corrected chi connectivity index (χ0v) is 19.0. The SMILES string of the molecule is CNC(=O)N1CCO[C@H](COc2nc(-c3ccc(N(C)C)c(Cl)c3)cc3nccnc23)C1. The van der Waals surface area contributed by atoms with Crippen molar-refractivity contribution in [3.8, 4) is 17.1 Å². The molecule has 2 aromatic heterocycles. The van der Waals surface area contributed by atoms with Gasteiger partial charge in [-0.25, -0.2) is 14.8 Å². The molecule has 10 heteroatoms. The summed E-state index contributed by atoms with van der Waals surface area (Å²) in [5.74, 6) is 0.360. The zero-order chi connectivity index (χ0) is 22.7. The fraction of sp³-hybridized carbons (Fsp3) is 0.364. The highest BCUT2D eigenvalue weighted by atomic mass is 35.5. The van der Waals surface area contributed by atoms with Crippen LogP contribution in [0.25, 0.3) is 22.3 Å². The lowest BCUT2D eigenvalue weighted by Crippen LogP contribution is -2.50. The average Bonchev–Trinajstić information content (AvgIpc) is 2.81. The monoisotopic (exact) mass is 456 g/mol. The number of carbonyl (C=O) groups is 1. The first kappa shape index (κ1) is 22.0. The Bertz CT molecular complexity index is 1130. The summed E-state index contributed by atoms with van der Waals surface area (Å²) in [5, 5.41) is 3.27. The Labute approximate surface area is 191 Å². The molecule has 0 spiro atoms. The molecule has 3 heterocycles. The molecule has 4 rings (SSSR count). The van der Waals surface area contributed by atoms with Crippen molar-refractivity contribution in [2.75, 3.05) is 52.3 Å². The van der Waals surface area contributed by atoms with Crippen molar-refractivity contribution >= 4 is 34.4 Å². The highest BCUT2D eigenvalue weighted by molar-refractivity contribution is 6.33. The van der Waals surface area contributed by atoms with Crippen LogP contribution >= 0.6 is 11.6 Å².